The molecule has 0 saturated carbocycles. The molecule has 1 aromatic carbocycles. The van der Waals surface area contributed by atoms with Crippen LogP contribution < -0.4 is 0 Å². The van der Waals surface area contributed by atoms with Crippen LogP contribution in [-0.4, -0.2) is 21.9 Å². The van der Waals surface area contributed by atoms with E-state index >= 15 is 0 Å². The summed E-state index contributed by atoms with van der Waals surface area (Å²) in [5.41, 5.74) is 1.75. The van der Waals surface area contributed by atoms with Crippen molar-refractivity contribution in [2.75, 3.05) is 0 Å². The number of pyridine rings is 1. The summed E-state index contributed by atoms with van der Waals surface area (Å²) in [4.78, 5) is 15.5. The van der Waals surface area contributed by atoms with Crippen LogP contribution in [0.4, 0.5) is 0 Å². The van der Waals surface area contributed by atoms with Crippen molar-refractivity contribution in [3.05, 3.63) is 59.4 Å². The summed E-state index contributed by atoms with van der Waals surface area (Å²) in [7, 11) is 0. The number of aromatic hydroxyl groups is 1. The number of nitrogens with zero attached hydrogens (tertiary/aromatic N) is 2. The zero-order valence-corrected chi connectivity index (χ0v) is 11.2. The van der Waals surface area contributed by atoms with Gasteiger partial charge >= 0.3 is 0 Å². The molecule has 4 nitrogen and oxygen atoms in total. The number of benzene rings is 1. The molecule has 1 heterocycles. The predicted molar refractivity (Wildman–Crippen MR) is 79.6 cm³/mol. The van der Waals surface area contributed by atoms with E-state index in [0.717, 1.165) is 16.7 Å². The maximum atomic E-state index is 11.6. The molecule has 0 saturated heterocycles. The Morgan fingerprint density at radius 2 is 1.90 bits per heavy atom. The molecule has 0 spiro atoms. The molecule has 0 unspecified atom stereocenters. The first-order chi connectivity index (χ1) is 9.69. The number of phenolic OH excluding ortho intramolecular Hbond substituents is 1. The highest BCUT2D eigenvalue weighted by Gasteiger charge is 2.03. The van der Waals surface area contributed by atoms with Gasteiger partial charge in [0.2, 0.25) is 0 Å². The van der Waals surface area contributed by atoms with Crippen molar-refractivity contribution in [1.82, 2.24) is 4.98 Å². The minimum Gasteiger partial charge on any atom is -0.508 e. The van der Waals surface area contributed by atoms with Crippen molar-refractivity contribution in [3.63, 3.8) is 0 Å². The Balaban J connectivity index is 2.27. The van der Waals surface area contributed by atoms with Gasteiger partial charge in [-0.25, -0.2) is 0 Å². The fourth-order valence-corrected chi connectivity index (χ4v) is 1.65. The summed E-state index contributed by atoms with van der Waals surface area (Å²) in [5, 5.41) is 9.18. The molecule has 98 valence electrons. The molecule has 1 N–H and O–H groups in total. The molecule has 0 atom stereocenters. The molecule has 0 fully saturated rings. The van der Waals surface area contributed by atoms with E-state index in [0.29, 0.717) is 11.1 Å². The van der Waals surface area contributed by atoms with Crippen molar-refractivity contribution in [3.8, 4) is 17.6 Å². The number of carbonyl (C=O) groups is 1. The van der Waals surface area contributed by atoms with E-state index in [1.54, 1.807) is 36.5 Å². The third-order valence-electron chi connectivity index (χ3n) is 2.35. The Kier molecular flexibility index (Phi) is 4.43. The van der Waals surface area contributed by atoms with Gasteiger partial charge in [-0.05, 0) is 47.3 Å². The van der Waals surface area contributed by atoms with Gasteiger partial charge in [-0.3, -0.25) is 9.78 Å². The molecule has 0 aliphatic heterocycles. The number of hydrogen-bond donors (Lipinski definition) is 1. The fraction of sp³-hybridized carbons (Fsp3) is 0. The molecule has 20 heavy (non-hydrogen) atoms. The third kappa shape index (κ3) is 3.64. The van der Waals surface area contributed by atoms with Crippen molar-refractivity contribution in [1.29, 1.82) is 0 Å². The van der Waals surface area contributed by atoms with E-state index in [4.69, 9.17) is 0 Å². The van der Waals surface area contributed by atoms with E-state index in [1.165, 1.54) is 6.20 Å². The molecule has 5 heteroatoms. The second kappa shape index (κ2) is 6.45. The topological polar surface area (TPSA) is 62.5 Å². The van der Waals surface area contributed by atoms with Crippen molar-refractivity contribution >= 4 is 22.9 Å². The maximum absolute atomic E-state index is 11.6. The summed E-state index contributed by atoms with van der Waals surface area (Å²) in [6.07, 6.45) is 3.01. The van der Waals surface area contributed by atoms with E-state index in [9.17, 15) is 9.90 Å². The number of amides is 1. The lowest BCUT2D eigenvalue weighted by atomic mass is 10.1. The second-order valence-electron chi connectivity index (χ2n) is 3.78. The predicted octanol–water partition coefficient (Wildman–Crippen LogP) is 2.03. The number of phenols is 1. The van der Waals surface area contributed by atoms with Crippen LogP contribution >= 0.6 is 0 Å². The molecule has 0 aliphatic carbocycles. The molecule has 0 aliphatic rings. The van der Waals surface area contributed by atoms with E-state index in [2.05, 4.69) is 27.1 Å². The number of rotatable bonds is 1. The van der Waals surface area contributed by atoms with Crippen LogP contribution in [0.3, 0.4) is 0 Å². The summed E-state index contributed by atoms with van der Waals surface area (Å²) in [5.74, 6) is 9.06. The first-order valence-electron chi connectivity index (χ1n) is 5.62. The summed E-state index contributed by atoms with van der Waals surface area (Å²) in [6, 6.07) is 8.17. The minimum atomic E-state index is -0.384. The average Bonchev–Trinajstić information content (AvgIpc) is 2.47. The van der Waals surface area contributed by atoms with Gasteiger partial charge in [-0.15, -0.1) is 0 Å². The minimum absolute atomic E-state index is 0.192. The maximum Gasteiger partial charge on any atom is 0.289 e. The third-order valence-corrected chi connectivity index (χ3v) is 2.65. The van der Waals surface area contributed by atoms with Crippen molar-refractivity contribution in [2.45, 2.75) is 0 Å². The zero-order valence-electron chi connectivity index (χ0n) is 10.4. The second-order valence-corrected chi connectivity index (χ2v) is 4.23. The van der Waals surface area contributed by atoms with Gasteiger partial charge in [0, 0.05) is 23.5 Å². The van der Waals surface area contributed by atoms with Crippen LogP contribution in [-0.2, 0) is 11.1 Å². The zero-order chi connectivity index (χ0) is 14.4. The van der Waals surface area contributed by atoms with Gasteiger partial charge in [0.1, 0.15) is 5.75 Å². The van der Waals surface area contributed by atoms with Crippen molar-refractivity contribution in [2.24, 2.45) is 4.36 Å². The Morgan fingerprint density at radius 3 is 2.60 bits per heavy atom. The lowest BCUT2D eigenvalue weighted by molar-refractivity contribution is 0.101. The summed E-state index contributed by atoms with van der Waals surface area (Å²) in [6.45, 7) is 0. The van der Waals surface area contributed by atoms with Crippen LogP contribution in [0, 0.1) is 11.8 Å². The monoisotopic (exact) mass is 282 g/mol. The number of aromatic nitrogens is 1. The van der Waals surface area contributed by atoms with Crippen LogP contribution in [0.5, 0.6) is 5.75 Å². The number of carbonyl (C=O) groups excluding carboxylic acids is 1. The van der Waals surface area contributed by atoms with Gasteiger partial charge in [0.15, 0.2) is 0 Å². The average molecular weight is 282 g/mol. The standard InChI is InChI=1S/C15H10N2O2S/c1-20-17-15(19)13-8-12(9-16-10-13)3-2-11-4-6-14(18)7-5-11/h4-10,18H,1H2. The van der Waals surface area contributed by atoms with Gasteiger partial charge in [-0.2, -0.15) is 4.36 Å². The molecule has 0 bridgehead atoms. The van der Waals surface area contributed by atoms with Crippen LogP contribution in [0.2, 0.25) is 0 Å². The normalized spacial score (nSPS) is 9.20. The van der Waals surface area contributed by atoms with E-state index in [-0.39, 0.29) is 11.7 Å². The van der Waals surface area contributed by atoms with Gasteiger partial charge in [0.05, 0.1) is 5.56 Å². The van der Waals surface area contributed by atoms with Gasteiger partial charge < -0.3 is 5.11 Å². The lowest BCUT2D eigenvalue weighted by Gasteiger charge is -1.95. The Bertz CT molecular complexity index is 751. The smallest absolute Gasteiger partial charge is 0.289 e. The first kappa shape index (κ1) is 13.7. The molecule has 1 aromatic heterocycles. The van der Waals surface area contributed by atoms with Crippen LogP contribution in [0.25, 0.3) is 0 Å². The SMILES string of the molecule is C=S=NC(=O)c1cncc(C#Cc2ccc(O)cc2)c1. The molecule has 2 aromatic rings. The van der Waals surface area contributed by atoms with Crippen LogP contribution in [0.15, 0.2) is 47.1 Å². The highest BCUT2D eigenvalue weighted by molar-refractivity contribution is 7.66. The lowest BCUT2D eigenvalue weighted by Crippen LogP contribution is -1.95. The Morgan fingerprint density at radius 1 is 1.20 bits per heavy atom. The fourth-order valence-electron chi connectivity index (χ4n) is 1.43. The Labute approximate surface area is 119 Å². The molecule has 2 rings (SSSR count). The van der Waals surface area contributed by atoms with Gasteiger partial charge in [0.25, 0.3) is 5.91 Å². The summed E-state index contributed by atoms with van der Waals surface area (Å²) >= 11 is 0.860. The molecular weight excluding hydrogens is 272 g/mol. The first-order valence-corrected chi connectivity index (χ1v) is 6.56. The Hall–Kier alpha value is -2.71. The highest BCUT2D eigenvalue weighted by Crippen LogP contribution is 2.09. The molecule has 1 amide bonds. The largest absolute Gasteiger partial charge is 0.508 e. The van der Waals surface area contributed by atoms with E-state index < -0.39 is 0 Å². The highest BCUT2D eigenvalue weighted by atomic mass is 32.1. The van der Waals surface area contributed by atoms with Crippen LogP contribution in [0.1, 0.15) is 21.5 Å². The van der Waals surface area contributed by atoms with Gasteiger partial charge in [-0.1, -0.05) is 11.8 Å². The van der Waals surface area contributed by atoms with Crippen molar-refractivity contribution < 1.29 is 9.90 Å². The number of hydrogen-bond acceptors (Lipinski definition) is 3. The quantitative estimate of drug-likeness (QED) is 0.643. The van der Waals surface area contributed by atoms with E-state index in [1.807, 2.05) is 0 Å². The summed E-state index contributed by atoms with van der Waals surface area (Å²) < 4.78 is 3.61. The molecular formula is C15H10N2O2S. The molecule has 0 radical (unpaired) electrons.